The van der Waals surface area contributed by atoms with Crippen molar-refractivity contribution in [1.82, 2.24) is 0 Å². The summed E-state index contributed by atoms with van der Waals surface area (Å²) in [6.45, 7) is 9.13. The molecule has 4 heteroatoms. The zero-order chi connectivity index (χ0) is 19.0. The van der Waals surface area contributed by atoms with Crippen LogP contribution in [0, 0.1) is 19.8 Å². The molecular weight excluding hydrogens is 316 g/mol. The average molecular weight is 348 g/mol. The molecule has 0 fully saturated rings. The van der Waals surface area contributed by atoms with Gasteiger partial charge in [0.05, 0.1) is 18.8 Å². The molecule has 0 radical (unpaired) electrons. The van der Waals surface area contributed by atoms with Crippen molar-refractivity contribution in [2.24, 2.45) is 5.92 Å². The van der Waals surface area contributed by atoms with Crippen LogP contribution in [0.1, 0.15) is 49.3 Å². The summed E-state index contributed by atoms with van der Waals surface area (Å²) in [5.74, 6) is -0.206. The van der Waals surface area contributed by atoms with E-state index in [9.17, 15) is 15.3 Å². The fraction of sp³-hybridized carbons (Fsp3) is 0.524. The molecule has 3 atom stereocenters. The Morgan fingerprint density at radius 1 is 1.12 bits per heavy atom. The van der Waals surface area contributed by atoms with E-state index in [4.69, 9.17) is 5.11 Å². The van der Waals surface area contributed by atoms with Crippen LogP contribution in [0.5, 0.6) is 5.75 Å². The van der Waals surface area contributed by atoms with Crippen molar-refractivity contribution in [3.63, 3.8) is 0 Å². The van der Waals surface area contributed by atoms with Gasteiger partial charge in [-0.15, -0.1) is 6.58 Å². The standard InChI is InChI=1S/C21H32O4/c1-5-7-16(8-9-19(23)18(6-2)20(24)13-22)12-17-10-14(3)21(25)15(4)11-17/h6,10-12,18-20,22-25H,2,5,7-9,13H2,1,3-4H3/b16-12+/t18-,19-,20-/m1/s1. The fourth-order valence-corrected chi connectivity index (χ4v) is 3.12. The van der Waals surface area contributed by atoms with E-state index in [1.165, 1.54) is 11.6 Å². The summed E-state index contributed by atoms with van der Waals surface area (Å²) in [7, 11) is 0. The van der Waals surface area contributed by atoms with Crippen LogP contribution >= 0.6 is 0 Å². The summed E-state index contributed by atoms with van der Waals surface area (Å²) >= 11 is 0. The molecule has 1 aromatic carbocycles. The molecule has 0 unspecified atom stereocenters. The molecule has 0 saturated heterocycles. The van der Waals surface area contributed by atoms with Gasteiger partial charge < -0.3 is 20.4 Å². The lowest BCUT2D eigenvalue weighted by atomic mass is 9.90. The van der Waals surface area contributed by atoms with Crippen molar-refractivity contribution in [3.05, 3.63) is 47.1 Å². The molecule has 0 aliphatic rings. The molecule has 0 aliphatic carbocycles. The number of aryl methyl sites for hydroxylation is 2. The Bertz CT molecular complexity index is 569. The Morgan fingerprint density at radius 2 is 1.72 bits per heavy atom. The minimum Gasteiger partial charge on any atom is -0.507 e. The Kier molecular flexibility index (Phi) is 8.90. The molecule has 25 heavy (non-hydrogen) atoms. The first-order valence-corrected chi connectivity index (χ1v) is 8.93. The molecule has 0 heterocycles. The highest BCUT2D eigenvalue weighted by atomic mass is 16.3. The lowest BCUT2D eigenvalue weighted by molar-refractivity contribution is 0.00209. The van der Waals surface area contributed by atoms with Crippen LogP contribution in [-0.2, 0) is 0 Å². The van der Waals surface area contributed by atoms with Gasteiger partial charge in [0, 0.05) is 5.92 Å². The van der Waals surface area contributed by atoms with Crippen LogP contribution in [0.3, 0.4) is 0 Å². The third-order valence-corrected chi connectivity index (χ3v) is 4.56. The first kappa shape index (κ1) is 21.4. The molecule has 0 bridgehead atoms. The smallest absolute Gasteiger partial charge is 0.121 e. The van der Waals surface area contributed by atoms with Crippen LogP contribution in [0.4, 0.5) is 0 Å². The number of benzene rings is 1. The van der Waals surface area contributed by atoms with E-state index in [1.54, 1.807) is 0 Å². The second kappa shape index (κ2) is 10.4. The Labute approximate surface area is 151 Å². The maximum absolute atomic E-state index is 10.3. The van der Waals surface area contributed by atoms with Crippen molar-refractivity contribution in [2.75, 3.05) is 6.61 Å². The third kappa shape index (κ3) is 6.31. The summed E-state index contributed by atoms with van der Waals surface area (Å²) in [4.78, 5) is 0. The number of aliphatic hydroxyl groups excluding tert-OH is 3. The lowest BCUT2D eigenvalue weighted by Crippen LogP contribution is -2.32. The molecule has 1 aromatic rings. The highest BCUT2D eigenvalue weighted by molar-refractivity contribution is 5.58. The molecule has 0 aromatic heterocycles. The van der Waals surface area contributed by atoms with Crippen LogP contribution < -0.4 is 0 Å². The quantitative estimate of drug-likeness (QED) is 0.488. The molecule has 4 N–H and O–H groups in total. The van der Waals surface area contributed by atoms with Gasteiger partial charge in [0.2, 0.25) is 0 Å². The highest BCUT2D eigenvalue weighted by Crippen LogP contribution is 2.26. The summed E-state index contributed by atoms with van der Waals surface area (Å²) in [5, 5.41) is 39.1. The van der Waals surface area contributed by atoms with E-state index >= 15 is 0 Å². The zero-order valence-corrected chi connectivity index (χ0v) is 15.6. The summed E-state index contributed by atoms with van der Waals surface area (Å²) in [5.41, 5.74) is 3.95. The van der Waals surface area contributed by atoms with E-state index < -0.39 is 24.7 Å². The Balaban J connectivity index is 2.88. The number of hydrogen-bond acceptors (Lipinski definition) is 4. The van der Waals surface area contributed by atoms with Gasteiger partial charge in [0.25, 0.3) is 0 Å². The number of phenols is 1. The van der Waals surface area contributed by atoms with Crippen LogP contribution in [0.25, 0.3) is 6.08 Å². The van der Waals surface area contributed by atoms with Gasteiger partial charge in [0.15, 0.2) is 0 Å². The predicted molar refractivity (Wildman–Crippen MR) is 102 cm³/mol. The summed E-state index contributed by atoms with van der Waals surface area (Å²) in [6, 6.07) is 3.91. The number of phenolic OH excluding ortho intramolecular Hbond substituents is 1. The molecule has 4 nitrogen and oxygen atoms in total. The number of aliphatic hydroxyl groups is 3. The second-order valence-corrected chi connectivity index (χ2v) is 6.72. The fourth-order valence-electron chi connectivity index (χ4n) is 3.12. The average Bonchev–Trinajstić information content (AvgIpc) is 2.58. The number of aromatic hydroxyl groups is 1. The molecular formula is C21H32O4. The van der Waals surface area contributed by atoms with Crippen molar-refractivity contribution in [1.29, 1.82) is 0 Å². The van der Waals surface area contributed by atoms with E-state index in [0.717, 1.165) is 29.5 Å². The molecule has 0 aliphatic heterocycles. The van der Waals surface area contributed by atoms with Crippen molar-refractivity contribution < 1.29 is 20.4 Å². The largest absolute Gasteiger partial charge is 0.507 e. The van der Waals surface area contributed by atoms with Gasteiger partial charge in [-0.05, 0) is 61.9 Å². The summed E-state index contributed by atoms with van der Waals surface area (Å²) < 4.78 is 0. The van der Waals surface area contributed by atoms with Gasteiger partial charge in [-0.3, -0.25) is 0 Å². The maximum Gasteiger partial charge on any atom is 0.121 e. The SMILES string of the molecule is C=C[C@@H]([C@H](O)CO)[C@H](O)CC/C(=C/c1cc(C)c(O)c(C)c1)CCC. The number of allylic oxidation sites excluding steroid dienone is 1. The monoisotopic (exact) mass is 348 g/mol. The maximum atomic E-state index is 10.3. The molecule has 0 saturated carbocycles. The van der Waals surface area contributed by atoms with Crippen molar-refractivity contribution in [3.8, 4) is 5.75 Å². The van der Waals surface area contributed by atoms with E-state index in [0.29, 0.717) is 18.6 Å². The molecule has 1 rings (SSSR count). The van der Waals surface area contributed by atoms with Gasteiger partial charge in [0.1, 0.15) is 5.75 Å². The second-order valence-electron chi connectivity index (χ2n) is 6.72. The third-order valence-electron chi connectivity index (χ3n) is 4.56. The number of hydrogen-bond donors (Lipinski definition) is 4. The molecule has 0 amide bonds. The van der Waals surface area contributed by atoms with Gasteiger partial charge >= 0.3 is 0 Å². The van der Waals surface area contributed by atoms with Crippen molar-refractivity contribution >= 4 is 6.08 Å². The van der Waals surface area contributed by atoms with Crippen molar-refractivity contribution in [2.45, 2.75) is 58.7 Å². The molecule has 0 spiro atoms. The van der Waals surface area contributed by atoms with E-state index in [-0.39, 0.29) is 0 Å². The first-order chi connectivity index (χ1) is 11.8. The first-order valence-electron chi connectivity index (χ1n) is 8.93. The normalized spacial score (nSPS) is 15.7. The minimum atomic E-state index is -0.992. The van der Waals surface area contributed by atoms with Crippen LogP contribution in [0.2, 0.25) is 0 Å². The Hall–Kier alpha value is -1.62. The molecule has 140 valence electrons. The minimum absolute atomic E-state index is 0.330. The van der Waals surface area contributed by atoms with Crippen LogP contribution in [0.15, 0.2) is 30.4 Å². The topological polar surface area (TPSA) is 80.9 Å². The van der Waals surface area contributed by atoms with Gasteiger partial charge in [-0.1, -0.05) is 31.1 Å². The predicted octanol–water partition coefficient (Wildman–Crippen LogP) is 3.49. The highest BCUT2D eigenvalue weighted by Gasteiger charge is 2.23. The van der Waals surface area contributed by atoms with Gasteiger partial charge in [-0.2, -0.15) is 0 Å². The summed E-state index contributed by atoms with van der Waals surface area (Å²) in [6.07, 6.45) is 5.00. The van der Waals surface area contributed by atoms with E-state index in [1.807, 2.05) is 26.0 Å². The number of rotatable bonds is 10. The van der Waals surface area contributed by atoms with Gasteiger partial charge in [-0.25, -0.2) is 0 Å². The lowest BCUT2D eigenvalue weighted by Gasteiger charge is -2.24. The van der Waals surface area contributed by atoms with E-state index in [2.05, 4.69) is 19.6 Å². The zero-order valence-electron chi connectivity index (χ0n) is 15.6. The van der Waals surface area contributed by atoms with Crippen LogP contribution in [-0.4, -0.2) is 39.2 Å². The Morgan fingerprint density at radius 3 is 2.20 bits per heavy atom.